The normalized spacial score (nSPS) is 20.3. The maximum Gasteiger partial charge on any atom is 0.307 e. The van der Waals surface area contributed by atoms with Gasteiger partial charge in [-0.2, -0.15) is 0 Å². The van der Waals surface area contributed by atoms with E-state index in [0.717, 1.165) is 0 Å². The molecule has 1 saturated carbocycles. The molecular weight excluding hydrogens is 307 g/mol. The number of ether oxygens (including phenoxy) is 1. The van der Waals surface area contributed by atoms with Crippen LogP contribution in [0.3, 0.4) is 0 Å². The summed E-state index contributed by atoms with van der Waals surface area (Å²) in [5, 5.41) is 12.0. The van der Waals surface area contributed by atoms with Crippen LogP contribution in [0.25, 0.3) is 0 Å². The standard InChI is InChI=1S/C12H12Cl2N2O4/c13-6-3-9(14)11(16-5-6)20-2-1-15-10(17)7-4-8(7)12(18)19/h3,5,7-8H,1-2,4H2,(H,15,17)(H,18,19). The minimum atomic E-state index is -0.932. The maximum atomic E-state index is 11.6. The number of hydrogen-bond acceptors (Lipinski definition) is 4. The number of rotatable bonds is 6. The Morgan fingerprint density at radius 3 is 2.80 bits per heavy atom. The first kappa shape index (κ1) is 14.9. The first-order chi connectivity index (χ1) is 9.49. The molecule has 1 aromatic heterocycles. The van der Waals surface area contributed by atoms with Gasteiger partial charge in [0.1, 0.15) is 11.6 Å². The Bertz CT molecular complexity index is 538. The van der Waals surface area contributed by atoms with Gasteiger partial charge in [-0.1, -0.05) is 23.2 Å². The smallest absolute Gasteiger partial charge is 0.307 e. The second-order valence-electron chi connectivity index (χ2n) is 4.37. The van der Waals surface area contributed by atoms with Gasteiger partial charge in [0.25, 0.3) is 0 Å². The highest BCUT2D eigenvalue weighted by Crippen LogP contribution is 2.38. The number of carboxylic acids is 1. The number of carboxylic acid groups (broad SMARTS) is 1. The number of aromatic nitrogens is 1. The summed E-state index contributed by atoms with van der Waals surface area (Å²) in [4.78, 5) is 26.1. The zero-order valence-corrected chi connectivity index (χ0v) is 11.8. The van der Waals surface area contributed by atoms with Crippen molar-refractivity contribution in [2.75, 3.05) is 13.2 Å². The van der Waals surface area contributed by atoms with Gasteiger partial charge in [-0.15, -0.1) is 0 Å². The van der Waals surface area contributed by atoms with Gasteiger partial charge in [-0.05, 0) is 12.5 Å². The van der Waals surface area contributed by atoms with Crippen molar-refractivity contribution >= 4 is 35.1 Å². The van der Waals surface area contributed by atoms with E-state index in [1.54, 1.807) is 0 Å². The van der Waals surface area contributed by atoms with Crippen LogP contribution in [0.5, 0.6) is 5.88 Å². The van der Waals surface area contributed by atoms with Crippen LogP contribution in [-0.4, -0.2) is 35.1 Å². The summed E-state index contributed by atoms with van der Waals surface area (Å²) in [7, 11) is 0. The van der Waals surface area contributed by atoms with Crippen molar-refractivity contribution in [2.24, 2.45) is 11.8 Å². The van der Waals surface area contributed by atoms with E-state index in [0.29, 0.717) is 11.4 Å². The van der Waals surface area contributed by atoms with Gasteiger partial charge in [-0.25, -0.2) is 4.98 Å². The van der Waals surface area contributed by atoms with Crippen LogP contribution in [0.2, 0.25) is 10.0 Å². The molecule has 20 heavy (non-hydrogen) atoms. The monoisotopic (exact) mass is 318 g/mol. The molecule has 0 aliphatic heterocycles. The lowest BCUT2D eigenvalue weighted by Crippen LogP contribution is -2.30. The molecule has 1 amide bonds. The predicted octanol–water partition coefficient (Wildman–Crippen LogP) is 1.60. The number of aliphatic carboxylic acids is 1. The summed E-state index contributed by atoms with van der Waals surface area (Å²) < 4.78 is 5.28. The average molecular weight is 319 g/mol. The van der Waals surface area contributed by atoms with Crippen molar-refractivity contribution in [3.8, 4) is 5.88 Å². The number of nitrogens with zero attached hydrogens (tertiary/aromatic N) is 1. The average Bonchev–Trinajstić information content (AvgIpc) is 3.16. The van der Waals surface area contributed by atoms with Crippen LogP contribution in [0, 0.1) is 11.8 Å². The number of carbonyl (C=O) groups is 2. The van der Waals surface area contributed by atoms with E-state index < -0.39 is 17.8 Å². The summed E-state index contributed by atoms with van der Waals surface area (Å²) in [6.45, 7) is 0.437. The number of nitrogens with one attached hydrogen (secondary N) is 1. The van der Waals surface area contributed by atoms with Crippen molar-refractivity contribution in [3.63, 3.8) is 0 Å². The zero-order valence-electron chi connectivity index (χ0n) is 10.3. The fourth-order valence-corrected chi connectivity index (χ4v) is 2.15. The van der Waals surface area contributed by atoms with E-state index in [1.807, 2.05) is 0 Å². The van der Waals surface area contributed by atoms with Crippen molar-refractivity contribution in [2.45, 2.75) is 6.42 Å². The molecule has 2 atom stereocenters. The molecular formula is C12H12Cl2N2O4. The minimum absolute atomic E-state index is 0.185. The number of amides is 1. The fraction of sp³-hybridized carbons (Fsp3) is 0.417. The molecule has 0 saturated heterocycles. The highest BCUT2D eigenvalue weighted by Gasteiger charge is 2.48. The van der Waals surface area contributed by atoms with Gasteiger partial charge < -0.3 is 15.2 Å². The van der Waals surface area contributed by atoms with Crippen molar-refractivity contribution in [3.05, 3.63) is 22.3 Å². The van der Waals surface area contributed by atoms with Crippen molar-refractivity contribution in [1.29, 1.82) is 0 Å². The Morgan fingerprint density at radius 1 is 1.45 bits per heavy atom. The number of halogens is 2. The lowest BCUT2D eigenvalue weighted by Gasteiger charge is -2.08. The molecule has 0 radical (unpaired) electrons. The largest absolute Gasteiger partial charge is 0.481 e. The van der Waals surface area contributed by atoms with Crippen LogP contribution in [0.15, 0.2) is 12.3 Å². The third-order valence-electron chi connectivity index (χ3n) is 2.86. The van der Waals surface area contributed by atoms with Gasteiger partial charge in [0, 0.05) is 6.20 Å². The summed E-state index contributed by atoms with van der Waals surface area (Å²) in [6.07, 6.45) is 1.80. The van der Waals surface area contributed by atoms with E-state index in [2.05, 4.69) is 10.3 Å². The van der Waals surface area contributed by atoms with Crippen molar-refractivity contribution in [1.82, 2.24) is 10.3 Å². The van der Waals surface area contributed by atoms with Crippen molar-refractivity contribution < 1.29 is 19.4 Å². The molecule has 1 fully saturated rings. The molecule has 1 heterocycles. The second-order valence-corrected chi connectivity index (χ2v) is 5.21. The van der Waals surface area contributed by atoms with Gasteiger partial charge in [0.15, 0.2) is 0 Å². The molecule has 0 aromatic carbocycles. The number of pyridine rings is 1. The topological polar surface area (TPSA) is 88.5 Å². The van der Waals surface area contributed by atoms with E-state index in [-0.39, 0.29) is 30.0 Å². The van der Waals surface area contributed by atoms with Gasteiger partial charge in [0.05, 0.1) is 23.4 Å². The summed E-state index contributed by atoms with van der Waals surface area (Å²) >= 11 is 11.6. The van der Waals surface area contributed by atoms with E-state index >= 15 is 0 Å². The molecule has 8 heteroatoms. The molecule has 6 nitrogen and oxygen atoms in total. The van der Waals surface area contributed by atoms with Crippen LogP contribution >= 0.6 is 23.2 Å². The Hall–Kier alpha value is -1.53. The third kappa shape index (κ3) is 3.74. The molecule has 108 valence electrons. The fourth-order valence-electron chi connectivity index (χ4n) is 1.72. The van der Waals surface area contributed by atoms with E-state index in [4.69, 9.17) is 33.0 Å². The lowest BCUT2D eigenvalue weighted by atomic mass is 10.3. The SMILES string of the molecule is O=C(O)C1CC1C(=O)NCCOc1ncc(Cl)cc1Cl. The third-order valence-corrected chi connectivity index (χ3v) is 3.34. The summed E-state index contributed by atoms with van der Waals surface area (Å²) in [5.41, 5.74) is 0. The number of hydrogen-bond donors (Lipinski definition) is 2. The molecule has 1 aliphatic carbocycles. The Balaban J connectivity index is 1.69. The Morgan fingerprint density at radius 2 is 2.20 bits per heavy atom. The molecule has 2 rings (SSSR count). The van der Waals surface area contributed by atoms with Crippen LogP contribution < -0.4 is 10.1 Å². The quantitative estimate of drug-likeness (QED) is 0.778. The molecule has 1 aliphatic rings. The second kappa shape index (κ2) is 6.28. The highest BCUT2D eigenvalue weighted by molar-refractivity contribution is 6.35. The van der Waals surface area contributed by atoms with E-state index in [1.165, 1.54) is 12.3 Å². The van der Waals surface area contributed by atoms with Crippen LogP contribution in [-0.2, 0) is 9.59 Å². The molecule has 0 spiro atoms. The van der Waals surface area contributed by atoms with Gasteiger partial charge >= 0.3 is 5.97 Å². The summed E-state index contributed by atoms with van der Waals surface area (Å²) in [6, 6.07) is 1.51. The minimum Gasteiger partial charge on any atom is -0.481 e. The highest BCUT2D eigenvalue weighted by atomic mass is 35.5. The number of carbonyl (C=O) groups excluding carboxylic acids is 1. The Kier molecular flexibility index (Phi) is 4.67. The van der Waals surface area contributed by atoms with E-state index in [9.17, 15) is 9.59 Å². The first-order valence-electron chi connectivity index (χ1n) is 5.93. The van der Waals surface area contributed by atoms with Crippen LogP contribution in [0.4, 0.5) is 0 Å². The Labute approximate surface area is 125 Å². The lowest BCUT2D eigenvalue weighted by molar-refractivity contribution is -0.140. The van der Waals surface area contributed by atoms with Gasteiger partial charge in [0.2, 0.25) is 11.8 Å². The van der Waals surface area contributed by atoms with Gasteiger partial charge in [-0.3, -0.25) is 9.59 Å². The van der Waals surface area contributed by atoms with Crippen LogP contribution in [0.1, 0.15) is 6.42 Å². The molecule has 2 N–H and O–H groups in total. The predicted molar refractivity (Wildman–Crippen MR) is 72.0 cm³/mol. The molecule has 1 aromatic rings. The maximum absolute atomic E-state index is 11.6. The zero-order chi connectivity index (χ0) is 14.7. The molecule has 0 bridgehead atoms. The first-order valence-corrected chi connectivity index (χ1v) is 6.69. The molecule has 2 unspecified atom stereocenters. The summed E-state index contributed by atoms with van der Waals surface area (Å²) in [5.74, 6) is -1.94.